The number of nitrogens with one attached hydrogen (secondary N) is 2. The SMILES string of the molecule is O=[N+]([O-])c1ccc(CCCNCCNS(=O)(=O)c2cc(-c3cccc(O)c3)cc3cnccc23)cc1. The largest absolute Gasteiger partial charge is 0.508 e. The van der Waals surface area contributed by atoms with Crippen LogP contribution in [0.15, 0.2) is 84.0 Å². The molecule has 4 aromatic rings. The lowest BCUT2D eigenvalue weighted by atomic mass is 10.0. The van der Waals surface area contributed by atoms with Crippen LogP contribution in [-0.2, 0) is 16.4 Å². The van der Waals surface area contributed by atoms with Crippen molar-refractivity contribution < 1.29 is 18.4 Å². The van der Waals surface area contributed by atoms with Gasteiger partial charge >= 0.3 is 0 Å². The van der Waals surface area contributed by atoms with Crippen molar-refractivity contribution in [2.45, 2.75) is 17.7 Å². The molecule has 0 aliphatic rings. The number of rotatable bonds is 11. The molecule has 0 saturated heterocycles. The van der Waals surface area contributed by atoms with Gasteiger partial charge < -0.3 is 10.4 Å². The van der Waals surface area contributed by atoms with Gasteiger partial charge in [0.1, 0.15) is 5.75 Å². The van der Waals surface area contributed by atoms with Gasteiger partial charge in [-0.05, 0) is 66.4 Å². The molecular weight excluding hydrogens is 480 g/mol. The van der Waals surface area contributed by atoms with Crippen LogP contribution in [0.3, 0.4) is 0 Å². The van der Waals surface area contributed by atoms with Crippen molar-refractivity contribution in [2.75, 3.05) is 19.6 Å². The smallest absolute Gasteiger partial charge is 0.269 e. The Morgan fingerprint density at radius 3 is 2.50 bits per heavy atom. The number of nitro groups is 1. The number of hydrogen-bond donors (Lipinski definition) is 3. The molecule has 0 fully saturated rings. The van der Waals surface area contributed by atoms with Crippen LogP contribution >= 0.6 is 0 Å². The third-order valence-corrected chi connectivity index (χ3v) is 7.24. The van der Waals surface area contributed by atoms with E-state index >= 15 is 0 Å². The van der Waals surface area contributed by atoms with Crippen molar-refractivity contribution in [3.8, 4) is 16.9 Å². The first-order valence-electron chi connectivity index (χ1n) is 11.4. The summed E-state index contributed by atoms with van der Waals surface area (Å²) >= 11 is 0. The van der Waals surface area contributed by atoms with E-state index < -0.39 is 14.9 Å². The third-order valence-electron chi connectivity index (χ3n) is 5.74. The Labute approximate surface area is 209 Å². The van der Waals surface area contributed by atoms with E-state index in [2.05, 4.69) is 15.0 Å². The molecule has 0 spiro atoms. The van der Waals surface area contributed by atoms with Gasteiger partial charge in [-0.15, -0.1) is 0 Å². The van der Waals surface area contributed by atoms with Gasteiger partial charge in [0.15, 0.2) is 0 Å². The molecule has 0 atom stereocenters. The Morgan fingerprint density at radius 2 is 1.75 bits per heavy atom. The van der Waals surface area contributed by atoms with Crippen LogP contribution in [0.1, 0.15) is 12.0 Å². The molecule has 0 unspecified atom stereocenters. The fraction of sp³-hybridized carbons (Fsp3) is 0.192. The highest BCUT2D eigenvalue weighted by Gasteiger charge is 2.19. The summed E-state index contributed by atoms with van der Waals surface area (Å²) in [5.74, 6) is 0.0981. The highest BCUT2D eigenvalue weighted by Crippen LogP contribution is 2.31. The van der Waals surface area contributed by atoms with Crippen molar-refractivity contribution in [2.24, 2.45) is 0 Å². The first-order valence-corrected chi connectivity index (χ1v) is 12.9. The summed E-state index contributed by atoms with van der Waals surface area (Å²) in [4.78, 5) is 14.6. The number of benzene rings is 3. The number of hydrogen-bond acceptors (Lipinski definition) is 7. The molecule has 9 nitrogen and oxygen atoms in total. The molecule has 0 bridgehead atoms. The summed E-state index contributed by atoms with van der Waals surface area (Å²) < 4.78 is 29.0. The topological polar surface area (TPSA) is 134 Å². The van der Waals surface area contributed by atoms with Crippen molar-refractivity contribution in [1.82, 2.24) is 15.0 Å². The molecule has 4 rings (SSSR count). The monoisotopic (exact) mass is 506 g/mol. The van der Waals surface area contributed by atoms with Gasteiger partial charge in [-0.2, -0.15) is 0 Å². The van der Waals surface area contributed by atoms with Gasteiger partial charge in [-0.1, -0.05) is 24.3 Å². The second-order valence-corrected chi connectivity index (χ2v) is 10.0. The Bertz CT molecular complexity index is 1470. The Balaban J connectivity index is 1.35. The Hall–Kier alpha value is -3.86. The molecule has 10 heteroatoms. The lowest BCUT2D eigenvalue weighted by molar-refractivity contribution is -0.384. The zero-order chi connectivity index (χ0) is 25.5. The predicted octanol–water partition coefficient (Wildman–Crippen LogP) is 4.02. The summed E-state index contributed by atoms with van der Waals surface area (Å²) in [7, 11) is -3.81. The molecule has 0 aliphatic carbocycles. The number of nitro benzene ring substituents is 1. The maximum Gasteiger partial charge on any atom is 0.269 e. The molecule has 1 heterocycles. The van der Waals surface area contributed by atoms with Crippen molar-refractivity contribution in [3.63, 3.8) is 0 Å². The standard InChI is InChI=1S/C26H26N4O5S/c31-24-5-1-4-20(16-24)21-15-22-18-28-12-10-25(22)26(17-21)36(34,35)29-14-13-27-11-2-3-19-6-8-23(9-7-19)30(32)33/h1,4-10,12,15-18,27,29,31H,2-3,11,13-14H2. The molecule has 0 saturated carbocycles. The number of fused-ring (bicyclic) bond motifs is 1. The van der Waals surface area contributed by atoms with Crippen molar-refractivity contribution in [1.29, 1.82) is 0 Å². The Morgan fingerprint density at radius 1 is 0.944 bits per heavy atom. The van der Waals surface area contributed by atoms with Crippen molar-refractivity contribution in [3.05, 3.63) is 94.8 Å². The quantitative estimate of drug-likeness (QED) is 0.159. The van der Waals surface area contributed by atoms with Crippen LogP contribution in [0.2, 0.25) is 0 Å². The van der Waals surface area contributed by atoms with Gasteiger partial charge in [0, 0.05) is 48.4 Å². The van der Waals surface area contributed by atoms with Crippen LogP contribution in [0.5, 0.6) is 5.75 Å². The summed E-state index contributed by atoms with van der Waals surface area (Å²) in [6, 6.07) is 18.3. The number of pyridine rings is 1. The second-order valence-electron chi connectivity index (χ2n) is 8.30. The van der Waals surface area contributed by atoms with E-state index in [4.69, 9.17) is 0 Å². The minimum absolute atomic E-state index is 0.0700. The molecule has 0 aliphatic heterocycles. The van der Waals surface area contributed by atoms with Crippen molar-refractivity contribution >= 4 is 26.5 Å². The zero-order valence-corrected chi connectivity index (χ0v) is 20.2. The first kappa shape index (κ1) is 25.2. The van der Waals surface area contributed by atoms with Gasteiger partial charge in [0.2, 0.25) is 10.0 Å². The van der Waals surface area contributed by atoms with Gasteiger partial charge in [0.25, 0.3) is 5.69 Å². The molecule has 36 heavy (non-hydrogen) atoms. The number of phenols is 1. The lowest BCUT2D eigenvalue weighted by Crippen LogP contribution is -2.32. The number of aromatic nitrogens is 1. The third kappa shape index (κ3) is 6.22. The average molecular weight is 507 g/mol. The molecular formula is C26H26N4O5S. The second kappa shape index (κ2) is 11.3. The lowest BCUT2D eigenvalue weighted by Gasteiger charge is -2.13. The Kier molecular flexibility index (Phi) is 7.89. The number of nitrogens with zero attached hydrogens (tertiary/aromatic N) is 2. The number of phenolic OH excluding ortho intramolecular Hbond substituents is 1. The summed E-state index contributed by atoms with van der Waals surface area (Å²) in [6.45, 7) is 1.34. The number of aryl methyl sites for hydroxylation is 1. The maximum absolute atomic E-state index is 13.2. The van der Waals surface area contributed by atoms with Gasteiger partial charge in [-0.3, -0.25) is 15.1 Å². The van der Waals surface area contributed by atoms with Gasteiger partial charge in [0.05, 0.1) is 9.82 Å². The summed E-state index contributed by atoms with van der Waals surface area (Å²) in [5, 5.41) is 25.0. The zero-order valence-electron chi connectivity index (χ0n) is 19.4. The highest BCUT2D eigenvalue weighted by atomic mass is 32.2. The minimum atomic E-state index is -3.81. The number of non-ortho nitro benzene ring substituents is 1. The molecule has 1 aromatic heterocycles. The van der Waals surface area contributed by atoms with E-state index in [-0.39, 0.29) is 22.9 Å². The van der Waals surface area contributed by atoms with Crippen LogP contribution in [0.4, 0.5) is 5.69 Å². The number of sulfonamides is 1. The van der Waals surface area contributed by atoms with Crippen LogP contribution < -0.4 is 10.0 Å². The van der Waals surface area contributed by atoms with Crippen LogP contribution in [0, 0.1) is 10.1 Å². The predicted molar refractivity (Wildman–Crippen MR) is 138 cm³/mol. The van der Waals surface area contributed by atoms with E-state index in [1.807, 2.05) is 12.1 Å². The fourth-order valence-electron chi connectivity index (χ4n) is 3.93. The molecule has 186 valence electrons. The molecule has 0 amide bonds. The number of aromatic hydroxyl groups is 1. The maximum atomic E-state index is 13.2. The van der Waals surface area contributed by atoms with E-state index in [9.17, 15) is 23.6 Å². The van der Waals surface area contributed by atoms with Gasteiger partial charge in [-0.25, -0.2) is 13.1 Å². The normalized spacial score (nSPS) is 11.6. The van der Waals surface area contributed by atoms with E-state index in [0.717, 1.165) is 18.4 Å². The summed E-state index contributed by atoms with van der Waals surface area (Å²) in [6.07, 6.45) is 4.75. The fourth-order valence-corrected chi connectivity index (χ4v) is 5.21. The highest BCUT2D eigenvalue weighted by molar-refractivity contribution is 7.89. The van der Waals surface area contributed by atoms with E-state index in [1.54, 1.807) is 54.9 Å². The summed E-state index contributed by atoms with van der Waals surface area (Å²) in [5.41, 5.74) is 2.44. The average Bonchev–Trinajstić information content (AvgIpc) is 2.87. The molecule has 0 radical (unpaired) electrons. The molecule has 3 N–H and O–H groups in total. The van der Waals surface area contributed by atoms with E-state index in [1.165, 1.54) is 12.1 Å². The molecule has 3 aromatic carbocycles. The van der Waals surface area contributed by atoms with E-state index in [0.29, 0.717) is 35.0 Å². The first-order chi connectivity index (χ1) is 17.3. The van der Waals surface area contributed by atoms with Crippen LogP contribution in [0.25, 0.3) is 21.9 Å². The van der Waals surface area contributed by atoms with Crippen LogP contribution in [-0.4, -0.2) is 43.1 Å². The minimum Gasteiger partial charge on any atom is -0.508 e.